The highest BCUT2D eigenvalue weighted by Crippen LogP contribution is 2.41. The monoisotopic (exact) mass is 539 g/mol. The van der Waals surface area contributed by atoms with Crippen LogP contribution >= 0.6 is 11.6 Å². The van der Waals surface area contributed by atoms with Crippen molar-refractivity contribution < 1.29 is 27.4 Å². The molecule has 1 aliphatic heterocycles. The van der Waals surface area contributed by atoms with Crippen LogP contribution in [0.3, 0.4) is 0 Å². The van der Waals surface area contributed by atoms with Crippen LogP contribution in [0.4, 0.5) is 5.95 Å². The van der Waals surface area contributed by atoms with E-state index in [1.807, 2.05) is 6.92 Å². The van der Waals surface area contributed by atoms with Crippen molar-refractivity contribution in [1.82, 2.24) is 29.7 Å². The van der Waals surface area contributed by atoms with Crippen LogP contribution in [0.2, 0.25) is 5.02 Å². The topological polar surface area (TPSA) is 152 Å². The lowest BCUT2D eigenvalue weighted by Gasteiger charge is -2.23. The summed E-state index contributed by atoms with van der Waals surface area (Å²) in [6, 6.07) is 1.25. The lowest BCUT2D eigenvalue weighted by Crippen LogP contribution is -2.34. The van der Waals surface area contributed by atoms with Crippen LogP contribution in [0.25, 0.3) is 11.4 Å². The summed E-state index contributed by atoms with van der Waals surface area (Å²) in [6.45, 7) is 4.06. The summed E-state index contributed by atoms with van der Waals surface area (Å²) in [6.07, 6.45) is 3.34. The van der Waals surface area contributed by atoms with Crippen molar-refractivity contribution >= 4 is 27.6 Å². The third kappa shape index (κ3) is 5.07. The minimum Gasteiger partial charge on any atom is -0.485 e. The Kier molecular flexibility index (Phi) is 7.88. The molecular formula is C21H26ClN7O6S. The molecular weight excluding hydrogens is 514 g/mol. The minimum absolute atomic E-state index is 0.00278. The van der Waals surface area contributed by atoms with Gasteiger partial charge in [-0.05, 0) is 19.9 Å². The molecule has 0 fully saturated rings. The number of pyridine rings is 1. The van der Waals surface area contributed by atoms with Gasteiger partial charge in [-0.3, -0.25) is 9.29 Å². The van der Waals surface area contributed by atoms with Crippen molar-refractivity contribution in [3.05, 3.63) is 35.5 Å². The number of methoxy groups -OCH3 is 2. The highest BCUT2D eigenvalue weighted by Gasteiger charge is 2.36. The summed E-state index contributed by atoms with van der Waals surface area (Å²) in [5.74, 6) is 1.26. The fourth-order valence-corrected chi connectivity index (χ4v) is 5.04. The summed E-state index contributed by atoms with van der Waals surface area (Å²) >= 11 is 5.86. The molecule has 0 saturated carbocycles. The van der Waals surface area contributed by atoms with Gasteiger partial charge in [-0.1, -0.05) is 11.6 Å². The normalized spacial score (nSPS) is 16.8. The van der Waals surface area contributed by atoms with Gasteiger partial charge in [-0.25, -0.2) is 23.4 Å². The average molecular weight is 540 g/mol. The van der Waals surface area contributed by atoms with E-state index in [4.69, 9.17) is 30.5 Å². The number of nitrogens with one attached hydrogen (secondary N) is 1. The Bertz CT molecular complexity index is 1300. The summed E-state index contributed by atoms with van der Waals surface area (Å²) in [5.41, 5.74) is 0.558. The number of anilines is 1. The molecule has 15 heteroatoms. The first kappa shape index (κ1) is 26.0. The number of fused-ring (bicyclic) bond motifs is 3. The molecule has 0 aromatic carbocycles. The number of halogens is 1. The van der Waals surface area contributed by atoms with Crippen molar-refractivity contribution in [3.63, 3.8) is 0 Å². The highest BCUT2D eigenvalue weighted by molar-refractivity contribution is 7.93. The molecule has 0 amide bonds. The van der Waals surface area contributed by atoms with Crippen molar-refractivity contribution in [3.8, 4) is 23.0 Å². The lowest BCUT2D eigenvalue weighted by atomic mass is 10.2. The summed E-state index contributed by atoms with van der Waals surface area (Å²) < 4.78 is 53.4. The van der Waals surface area contributed by atoms with Crippen LogP contribution in [-0.4, -0.2) is 77.4 Å². The standard InChI is InChI=1S/C21H26ClN7O6S/c1-5-34-20-17-15(6-7-23-20)19-26-27-21(29(19)14(10-32-3)11-35-17)28-36(30,31)12(2)16(33-4)18-24-8-13(22)9-25-18/h6-9,12,14,16H,5,10-11H2,1-4H3,(H,27,28)/t12?,14-,16?/m1/s1. The second-order valence-corrected chi connectivity index (χ2v) is 10.3. The maximum atomic E-state index is 13.4. The first-order valence-corrected chi connectivity index (χ1v) is 12.9. The van der Waals surface area contributed by atoms with Crippen LogP contribution in [0.1, 0.15) is 31.8 Å². The van der Waals surface area contributed by atoms with E-state index < -0.39 is 27.4 Å². The Morgan fingerprint density at radius 2 is 2.00 bits per heavy atom. The predicted octanol–water partition coefficient (Wildman–Crippen LogP) is 2.28. The van der Waals surface area contributed by atoms with E-state index in [0.717, 1.165) is 0 Å². The van der Waals surface area contributed by atoms with Gasteiger partial charge in [0.25, 0.3) is 5.88 Å². The maximum Gasteiger partial charge on any atom is 0.257 e. The van der Waals surface area contributed by atoms with Gasteiger partial charge in [0, 0.05) is 32.8 Å². The average Bonchev–Trinajstić information content (AvgIpc) is 3.18. The molecule has 0 aliphatic carbocycles. The van der Waals surface area contributed by atoms with Crippen molar-refractivity contribution in [2.45, 2.75) is 31.2 Å². The molecule has 194 valence electrons. The van der Waals surface area contributed by atoms with Gasteiger partial charge in [-0.2, -0.15) is 0 Å². The molecule has 36 heavy (non-hydrogen) atoms. The van der Waals surface area contributed by atoms with Crippen LogP contribution in [0.15, 0.2) is 24.7 Å². The fraction of sp³-hybridized carbons (Fsp3) is 0.476. The molecule has 4 heterocycles. The Balaban J connectivity index is 1.72. The zero-order chi connectivity index (χ0) is 25.9. The molecule has 1 N–H and O–H groups in total. The lowest BCUT2D eigenvalue weighted by molar-refractivity contribution is 0.0950. The molecule has 1 aliphatic rings. The molecule has 0 radical (unpaired) electrons. The molecule has 0 spiro atoms. The Morgan fingerprint density at radius 1 is 1.25 bits per heavy atom. The number of hydrogen-bond acceptors (Lipinski definition) is 11. The first-order valence-electron chi connectivity index (χ1n) is 11.0. The van der Waals surface area contributed by atoms with Crippen LogP contribution in [-0.2, 0) is 19.5 Å². The number of nitrogens with zero attached hydrogens (tertiary/aromatic N) is 6. The molecule has 0 saturated heterocycles. The number of aromatic nitrogens is 6. The Labute approximate surface area is 213 Å². The predicted molar refractivity (Wildman–Crippen MR) is 130 cm³/mol. The van der Waals surface area contributed by atoms with Crippen molar-refractivity contribution in [1.29, 1.82) is 0 Å². The molecule has 2 unspecified atom stereocenters. The number of hydrogen-bond donors (Lipinski definition) is 1. The van der Waals surface area contributed by atoms with Crippen LogP contribution in [0, 0.1) is 0 Å². The second-order valence-electron chi connectivity index (χ2n) is 7.83. The van der Waals surface area contributed by atoms with E-state index in [-0.39, 0.29) is 25.0 Å². The van der Waals surface area contributed by atoms with E-state index >= 15 is 0 Å². The van der Waals surface area contributed by atoms with Gasteiger partial charge in [0.1, 0.15) is 18.0 Å². The van der Waals surface area contributed by atoms with E-state index in [1.54, 1.807) is 16.8 Å². The zero-order valence-corrected chi connectivity index (χ0v) is 21.7. The number of sulfonamides is 1. The van der Waals surface area contributed by atoms with Crippen molar-refractivity contribution in [2.24, 2.45) is 0 Å². The Morgan fingerprint density at radius 3 is 2.67 bits per heavy atom. The van der Waals surface area contributed by atoms with Gasteiger partial charge in [-0.15, -0.1) is 10.2 Å². The van der Waals surface area contributed by atoms with Gasteiger partial charge in [0.05, 0.1) is 29.8 Å². The Hall–Kier alpha value is -3.07. The summed E-state index contributed by atoms with van der Waals surface area (Å²) in [4.78, 5) is 12.4. The van der Waals surface area contributed by atoms with Crippen LogP contribution < -0.4 is 14.2 Å². The molecule has 13 nitrogen and oxygen atoms in total. The molecule has 3 aromatic heterocycles. The van der Waals surface area contributed by atoms with E-state index in [2.05, 4.69) is 29.9 Å². The van der Waals surface area contributed by atoms with Crippen molar-refractivity contribution in [2.75, 3.05) is 38.8 Å². The molecule has 3 atom stereocenters. The first-order chi connectivity index (χ1) is 17.3. The highest BCUT2D eigenvalue weighted by atomic mass is 35.5. The largest absolute Gasteiger partial charge is 0.485 e. The van der Waals surface area contributed by atoms with E-state index in [0.29, 0.717) is 34.6 Å². The van der Waals surface area contributed by atoms with Gasteiger partial charge in [0.2, 0.25) is 16.0 Å². The maximum absolute atomic E-state index is 13.4. The second kappa shape index (κ2) is 10.9. The van der Waals surface area contributed by atoms with Gasteiger partial charge < -0.3 is 18.9 Å². The minimum atomic E-state index is -4.06. The third-order valence-corrected chi connectivity index (χ3v) is 7.42. The van der Waals surface area contributed by atoms with E-state index in [1.165, 1.54) is 33.5 Å². The number of ether oxygens (including phenoxy) is 4. The van der Waals surface area contributed by atoms with Gasteiger partial charge in [0.15, 0.2) is 17.4 Å². The smallest absolute Gasteiger partial charge is 0.257 e. The van der Waals surface area contributed by atoms with E-state index in [9.17, 15) is 8.42 Å². The van der Waals surface area contributed by atoms with Gasteiger partial charge >= 0.3 is 0 Å². The quantitative estimate of drug-likeness (QED) is 0.403. The molecule has 4 rings (SSSR count). The summed E-state index contributed by atoms with van der Waals surface area (Å²) in [7, 11) is -1.14. The van der Waals surface area contributed by atoms with Crippen LogP contribution in [0.5, 0.6) is 11.6 Å². The zero-order valence-electron chi connectivity index (χ0n) is 20.1. The molecule has 3 aromatic rings. The third-order valence-electron chi connectivity index (χ3n) is 5.53. The number of rotatable bonds is 10. The summed E-state index contributed by atoms with van der Waals surface area (Å²) in [5, 5.41) is 7.63. The SMILES string of the molecule is CCOc1nccc2c1OC[C@@H](COC)n1c(NS(=O)(=O)C(C)C(OC)c3ncc(Cl)cn3)nnc1-2. The fourth-order valence-electron chi connectivity index (χ4n) is 3.80. The molecule has 0 bridgehead atoms.